The highest BCUT2D eigenvalue weighted by atomic mass is 16.4. The van der Waals surface area contributed by atoms with E-state index in [-0.39, 0.29) is 54.0 Å². The lowest BCUT2D eigenvalue weighted by Gasteiger charge is -2.26. The fourth-order valence-electron chi connectivity index (χ4n) is 7.84. The van der Waals surface area contributed by atoms with Crippen LogP contribution in [-0.4, -0.2) is 87.0 Å². The smallest absolute Gasteiger partial charge is 0.326 e. The molecule has 1 aromatic heterocycles. The Hall–Kier alpha value is -6.55. The number of nitrogens with one attached hydrogen (secondary N) is 5. The van der Waals surface area contributed by atoms with Crippen LogP contribution in [0.3, 0.4) is 0 Å². The van der Waals surface area contributed by atoms with Crippen LogP contribution in [0.1, 0.15) is 124 Å². The topological polar surface area (TPSA) is 262 Å². The van der Waals surface area contributed by atoms with E-state index in [1.165, 1.54) is 100 Å². The molecule has 0 unspecified atom stereocenters. The molecule has 2 heterocycles. The molecular formula is C49H63N7O9. The molecule has 3 aromatic carbocycles. The summed E-state index contributed by atoms with van der Waals surface area (Å²) < 4.78 is 0. The standard InChI is InChI=1S/C49H63N7O9/c1-3-4-5-6-7-8-9-10-13-31-15-17-33-27-35(29-52-39(33)25-31)46(61)51-23-21-43(59)54-38(14-11-12-22-50)47(62)56-44-34-18-20-42(58)37(28-34)36-24-32(16-19-41(36)57)26-40(49(64)65)55-45(60)30(2)53-48(44)63/h15-20,24-25,27-30,38,40,44,57-58H,3-14,21-23,26,50H2,1-2H3,(H,51,61)(H,53,63)(H,54,59)(H,55,60)(H,56,62)(H,64,65)/t30-,38-,40-,44-/m0/s1. The zero-order valence-electron chi connectivity index (χ0n) is 37.3. The molecule has 1 aliphatic rings. The third-order valence-corrected chi connectivity index (χ3v) is 11.6. The van der Waals surface area contributed by atoms with Gasteiger partial charge in [-0.3, -0.25) is 29.0 Å². The SMILES string of the molecule is CCCCCCCCCCc1ccc2cc(C(=O)NCCC(=O)N[C@@H](CCCCN)C(=O)N[C@@H]3C(=O)N[C@@H](C)C(=O)N[C@H](C(=O)O)Cc4ccc(O)c(c4)-c4cc3ccc4O)cnc2c1. The fourth-order valence-corrected chi connectivity index (χ4v) is 7.84. The summed E-state index contributed by atoms with van der Waals surface area (Å²) in [5, 5.41) is 45.5. The molecule has 0 spiro atoms. The van der Waals surface area contributed by atoms with Crippen molar-refractivity contribution in [2.24, 2.45) is 5.73 Å². The van der Waals surface area contributed by atoms with E-state index in [9.17, 15) is 44.1 Å². The van der Waals surface area contributed by atoms with Crippen molar-refractivity contribution in [3.63, 3.8) is 0 Å². The highest BCUT2D eigenvalue weighted by Gasteiger charge is 2.32. The average Bonchev–Trinajstić information content (AvgIpc) is 3.28. The molecule has 0 aliphatic carbocycles. The minimum atomic E-state index is -1.49. The highest BCUT2D eigenvalue weighted by Crippen LogP contribution is 2.38. The molecule has 0 fully saturated rings. The Morgan fingerprint density at radius 1 is 0.831 bits per heavy atom. The molecule has 5 amide bonds. The molecule has 0 saturated carbocycles. The minimum absolute atomic E-state index is 0.0462. The molecule has 16 nitrogen and oxygen atoms in total. The van der Waals surface area contributed by atoms with E-state index in [1.54, 1.807) is 6.07 Å². The van der Waals surface area contributed by atoms with Gasteiger partial charge in [0.1, 0.15) is 35.7 Å². The summed E-state index contributed by atoms with van der Waals surface area (Å²) in [6.45, 7) is 3.87. The van der Waals surface area contributed by atoms with Gasteiger partial charge in [-0.25, -0.2) is 4.79 Å². The summed E-state index contributed by atoms with van der Waals surface area (Å²) in [5.74, 6) is -5.22. The van der Waals surface area contributed by atoms with Crippen molar-refractivity contribution in [3.8, 4) is 22.6 Å². The van der Waals surface area contributed by atoms with Crippen LogP contribution in [0.5, 0.6) is 11.5 Å². The Kier molecular flexibility index (Phi) is 18.6. The second-order valence-electron chi connectivity index (χ2n) is 16.8. The number of aromatic hydroxyl groups is 2. The number of hydrogen-bond donors (Lipinski definition) is 9. The van der Waals surface area contributed by atoms with Crippen LogP contribution in [0, 0.1) is 0 Å². The van der Waals surface area contributed by atoms with E-state index in [1.807, 2.05) is 6.07 Å². The minimum Gasteiger partial charge on any atom is -0.507 e. The van der Waals surface area contributed by atoms with Crippen LogP contribution >= 0.6 is 0 Å². The lowest BCUT2D eigenvalue weighted by atomic mass is 9.94. The van der Waals surface area contributed by atoms with E-state index in [0.29, 0.717) is 30.5 Å². The first kappa shape index (κ1) is 49.5. The summed E-state index contributed by atoms with van der Waals surface area (Å²) >= 11 is 0. The molecule has 0 radical (unpaired) electrons. The summed E-state index contributed by atoms with van der Waals surface area (Å²) in [5.41, 5.74) is 8.85. The van der Waals surface area contributed by atoms with Gasteiger partial charge in [-0.1, -0.05) is 76.1 Å². The average molecular weight is 894 g/mol. The van der Waals surface area contributed by atoms with E-state index in [0.717, 1.165) is 23.7 Å². The third-order valence-electron chi connectivity index (χ3n) is 11.6. The molecule has 1 aliphatic heterocycles. The van der Waals surface area contributed by atoms with Crippen LogP contribution in [-0.2, 0) is 36.8 Å². The quantitative estimate of drug-likeness (QED) is 0.0490. The van der Waals surface area contributed by atoms with Crippen molar-refractivity contribution in [2.75, 3.05) is 13.1 Å². The number of carboxylic acids is 1. The van der Waals surface area contributed by atoms with Gasteiger partial charge in [0.05, 0.1) is 11.1 Å². The number of phenols is 2. The normalized spacial score (nSPS) is 16.7. The van der Waals surface area contributed by atoms with Gasteiger partial charge in [-0.15, -0.1) is 0 Å². The molecule has 65 heavy (non-hydrogen) atoms. The van der Waals surface area contributed by atoms with Crippen LogP contribution in [0.25, 0.3) is 22.0 Å². The predicted octanol–water partition coefficient (Wildman–Crippen LogP) is 5.22. The first-order valence-corrected chi connectivity index (χ1v) is 22.7. The number of pyridine rings is 1. The van der Waals surface area contributed by atoms with E-state index < -0.39 is 59.7 Å². The Morgan fingerprint density at radius 2 is 1.54 bits per heavy atom. The summed E-state index contributed by atoms with van der Waals surface area (Å²) in [7, 11) is 0. The first-order valence-electron chi connectivity index (χ1n) is 22.7. The Bertz CT molecular complexity index is 2320. The van der Waals surface area contributed by atoms with E-state index >= 15 is 0 Å². The lowest BCUT2D eigenvalue weighted by molar-refractivity contribution is -0.142. The number of rotatable bonds is 21. The number of unbranched alkanes of at least 4 members (excludes halogenated alkanes) is 8. The van der Waals surface area contributed by atoms with Gasteiger partial charge in [0.25, 0.3) is 5.91 Å². The first-order chi connectivity index (χ1) is 31.3. The van der Waals surface area contributed by atoms with Gasteiger partial charge in [-0.2, -0.15) is 0 Å². The van der Waals surface area contributed by atoms with Gasteiger partial charge < -0.3 is 47.6 Å². The maximum atomic E-state index is 14.1. The van der Waals surface area contributed by atoms with Crippen molar-refractivity contribution < 1.29 is 44.1 Å². The number of carbonyl (C=O) groups is 6. The fraction of sp³-hybridized carbons (Fsp3) is 0.449. The zero-order valence-corrected chi connectivity index (χ0v) is 37.3. The van der Waals surface area contributed by atoms with Crippen molar-refractivity contribution in [3.05, 3.63) is 89.1 Å². The number of nitrogens with zero attached hydrogens (tertiary/aromatic N) is 1. The summed E-state index contributed by atoms with van der Waals surface area (Å²) in [6.07, 6.45) is 13.3. The zero-order chi connectivity index (χ0) is 46.9. The van der Waals surface area contributed by atoms with Crippen LogP contribution in [0.15, 0.2) is 66.9 Å². The summed E-state index contributed by atoms with van der Waals surface area (Å²) in [6, 6.07) is 10.9. The predicted molar refractivity (Wildman–Crippen MR) is 247 cm³/mol. The van der Waals surface area contributed by atoms with E-state index in [2.05, 4.69) is 50.6 Å². The molecule has 4 atom stereocenters. The molecule has 4 aromatic rings. The van der Waals surface area contributed by atoms with Crippen molar-refractivity contribution >= 4 is 46.4 Å². The van der Waals surface area contributed by atoms with E-state index in [4.69, 9.17) is 5.73 Å². The molecule has 16 heteroatoms. The number of aromatic nitrogens is 1. The van der Waals surface area contributed by atoms with Gasteiger partial charge in [0.2, 0.25) is 23.6 Å². The maximum Gasteiger partial charge on any atom is 0.326 e. The van der Waals surface area contributed by atoms with Crippen LogP contribution in [0.2, 0.25) is 0 Å². The molecule has 0 saturated heterocycles. The highest BCUT2D eigenvalue weighted by molar-refractivity contribution is 5.98. The second kappa shape index (κ2) is 24.5. The van der Waals surface area contributed by atoms with Crippen molar-refractivity contribution in [2.45, 2.75) is 128 Å². The second-order valence-corrected chi connectivity index (χ2v) is 16.8. The van der Waals surface area contributed by atoms with Gasteiger partial charge in [-0.05, 0) is 98.7 Å². The largest absolute Gasteiger partial charge is 0.507 e. The number of carbonyl (C=O) groups excluding carboxylic acids is 5. The number of nitrogens with two attached hydrogens (primary N) is 1. The number of aryl methyl sites for hydroxylation is 1. The molecule has 4 bridgehead atoms. The number of benzene rings is 3. The van der Waals surface area contributed by atoms with Crippen molar-refractivity contribution in [1.29, 1.82) is 0 Å². The Morgan fingerprint density at radius 3 is 2.26 bits per heavy atom. The summed E-state index contributed by atoms with van der Waals surface area (Å²) in [4.78, 5) is 84.2. The Labute approximate surface area is 379 Å². The van der Waals surface area contributed by atoms with Crippen LogP contribution in [0.4, 0.5) is 0 Å². The number of carboxylic acid groups (broad SMARTS) is 1. The number of fused-ring (bicyclic) bond motifs is 6. The monoisotopic (exact) mass is 893 g/mol. The van der Waals surface area contributed by atoms with Gasteiger partial charge in [0, 0.05) is 42.1 Å². The third kappa shape index (κ3) is 14.5. The maximum absolute atomic E-state index is 14.1. The van der Waals surface area contributed by atoms with Gasteiger partial charge in [0.15, 0.2) is 0 Å². The molecule has 348 valence electrons. The van der Waals surface area contributed by atoms with Crippen molar-refractivity contribution in [1.82, 2.24) is 31.6 Å². The van der Waals surface area contributed by atoms with Gasteiger partial charge >= 0.3 is 5.97 Å². The molecular weight excluding hydrogens is 831 g/mol. The number of amides is 5. The van der Waals surface area contributed by atoms with Crippen LogP contribution < -0.4 is 32.3 Å². The number of phenolic OH excluding ortho intramolecular Hbond substituents is 2. The molecule has 5 rings (SSSR count). The number of aliphatic carboxylic acids is 1. The number of hydrogen-bond acceptors (Lipinski definition) is 10. The Balaban J connectivity index is 1.24. The lowest BCUT2D eigenvalue weighted by Crippen LogP contribution is -2.54. The molecule has 10 N–H and O–H groups in total.